The Morgan fingerprint density at radius 2 is 2.10 bits per heavy atom. The maximum atomic E-state index is 12.2. The van der Waals surface area contributed by atoms with E-state index in [4.69, 9.17) is 5.73 Å². The van der Waals surface area contributed by atoms with Crippen molar-refractivity contribution in [3.63, 3.8) is 0 Å². The summed E-state index contributed by atoms with van der Waals surface area (Å²) in [6.45, 7) is 1.26. The van der Waals surface area contributed by atoms with Crippen molar-refractivity contribution < 1.29 is 9.59 Å². The molecule has 0 spiro atoms. The topological polar surface area (TPSA) is 88.3 Å². The highest BCUT2D eigenvalue weighted by molar-refractivity contribution is 5.80. The highest BCUT2D eigenvalue weighted by Gasteiger charge is 2.26. The summed E-state index contributed by atoms with van der Waals surface area (Å²) >= 11 is 0. The Hall–Kier alpha value is -2.11. The minimum absolute atomic E-state index is 0.0266. The molecular formula is C14H20N4O2. The number of hydrogen-bond acceptors (Lipinski definition) is 4. The van der Waals surface area contributed by atoms with Crippen molar-refractivity contribution >= 4 is 17.5 Å². The van der Waals surface area contributed by atoms with Crippen LogP contribution in [-0.2, 0) is 16.0 Å². The third kappa shape index (κ3) is 3.46. The van der Waals surface area contributed by atoms with Gasteiger partial charge in [-0.25, -0.2) is 0 Å². The Morgan fingerprint density at radius 3 is 2.65 bits per heavy atom. The molecule has 20 heavy (non-hydrogen) atoms. The van der Waals surface area contributed by atoms with Gasteiger partial charge in [-0.05, 0) is 25.0 Å². The first kappa shape index (κ1) is 14.3. The van der Waals surface area contributed by atoms with Crippen molar-refractivity contribution in [2.24, 2.45) is 5.92 Å². The van der Waals surface area contributed by atoms with Crippen molar-refractivity contribution in [1.82, 2.24) is 15.2 Å². The number of carbonyl (C=O) groups excluding carboxylic acids is 2. The molecule has 2 heterocycles. The summed E-state index contributed by atoms with van der Waals surface area (Å²) in [5, 5.41) is 2.66. The summed E-state index contributed by atoms with van der Waals surface area (Å²) in [4.78, 5) is 29.6. The van der Waals surface area contributed by atoms with Gasteiger partial charge in [0.25, 0.3) is 0 Å². The van der Waals surface area contributed by atoms with Crippen LogP contribution in [0.2, 0.25) is 0 Å². The average Bonchev–Trinajstić information content (AvgIpc) is 2.49. The van der Waals surface area contributed by atoms with Crippen LogP contribution in [0.25, 0.3) is 0 Å². The number of piperidine rings is 1. The Morgan fingerprint density at radius 1 is 1.40 bits per heavy atom. The zero-order valence-corrected chi connectivity index (χ0v) is 11.6. The average molecular weight is 276 g/mol. The molecule has 0 radical (unpaired) electrons. The third-order valence-corrected chi connectivity index (χ3v) is 3.64. The molecule has 0 unspecified atom stereocenters. The molecule has 2 rings (SSSR count). The molecule has 0 atom stereocenters. The lowest BCUT2D eigenvalue weighted by Crippen LogP contribution is -2.43. The van der Waals surface area contributed by atoms with E-state index in [1.165, 1.54) is 0 Å². The molecule has 0 bridgehead atoms. The molecule has 1 aliphatic heterocycles. The number of nitrogens with two attached hydrogens (primary N) is 1. The third-order valence-electron chi connectivity index (χ3n) is 3.64. The smallest absolute Gasteiger partial charge is 0.228 e. The van der Waals surface area contributed by atoms with Crippen LogP contribution in [0.3, 0.4) is 0 Å². The van der Waals surface area contributed by atoms with Crippen molar-refractivity contribution in [1.29, 1.82) is 0 Å². The second kappa shape index (κ2) is 6.36. The first-order chi connectivity index (χ1) is 9.60. The van der Waals surface area contributed by atoms with E-state index in [9.17, 15) is 9.59 Å². The Bertz CT molecular complexity index is 478. The van der Waals surface area contributed by atoms with Crippen molar-refractivity contribution in [3.05, 3.63) is 24.0 Å². The lowest BCUT2D eigenvalue weighted by atomic mass is 9.95. The predicted octanol–water partition coefficient (Wildman–Crippen LogP) is 0.191. The van der Waals surface area contributed by atoms with Gasteiger partial charge in [0.1, 0.15) is 0 Å². The van der Waals surface area contributed by atoms with E-state index in [1.54, 1.807) is 30.3 Å². The van der Waals surface area contributed by atoms with E-state index in [-0.39, 0.29) is 24.2 Å². The number of likely N-dealkylation sites (tertiary alicyclic amines) is 1. The monoisotopic (exact) mass is 276 g/mol. The maximum absolute atomic E-state index is 12.2. The van der Waals surface area contributed by atoms with Crippen LogP contribution in [0, 0.1) is 5.92 Å². The number of anilines is 1. The quantitative estimate of drug-likeness (QED) is 0.825. The van der Waals surface area contributed by atoms with E-state index in [1.807, 2.05) is 0 Å². The number of carbonyl (C=O) groups is 2. The highest BCUT2D eigenvalue weighted by Crippen LogP contribution is 2.18. The molecule has 6 heteroatoms. The first-order valence-electron chi connectivity index (χ1n) is 6.80. The normalized spacial score (nSPS) is 15.9. The van der Waals surface area contributed by atoms with Crippen LogP contribution in [0.4, 0.5) is 5.69 Å². The van der Waals surface area contributed by atoms with Gasteiger partial charge < -0.3 is 16.0 Å². The predicted molar refractivity (Wildman–Crippen MR) is 75.7 cm³/mol. The van der Waals surface area contributed by atoms with Gasteiger partial charge in [-0.2, -0.15) is 0 Å². The van der Waals surface area contributed by atoms with Gasteiger partial charge in [0, 0.05) is 31.7 Å². The molecule has 0 aliphatic carbocycles. The van der Waals surface area contributed by atoms with Crippen LogP contribution in [0.1, 0.15) is 18.5 Å². The molecular weight excluding hydrogens is 256 g/mol. The molecule has 1 fully saturated rings. The van der Waals surface area contributed by atoms with Gasteiger partial charge in [0.2, 0.25) is 11.8 Å². The minimum atomic E-state index is 0.0266. The van der Waals surface area contributed by atoms with E-state index in [0.29, 0.717) is 18.8 Å². The summed E-state index contributed by atoms with van der Waals surface area (Å²) < 4.78 is 0. The number of rotatable bonds is 3. The number of nitrogen functional groups attached to an aromatic ring is 1. The summed E-state index contributed by atoms with van der Waals surface area (Å²) in [6.07, 6.45) is 3.28. The molecule has 1 saturated heterocycles. The SMILES string of the molecule is CNC(=O)C1CCN(C(=O)Cc2ccc(N)cn2)CC1. The maximum Gasteiger partial charge on any atom is 0.228 e. The van der Waals surface area contributed by atoms with Gasteiger partial charge in [-0.15, -0.1) is 0 Å². The van der Waals surface area contributed by atoms with Crippen LogP contribution >= 0.6 is 0 Å². The minimum Gasteiger partial charge on any atom is -0.397 e. The zero-order chi connectivity index (χ0) is 14.5. The summed E-state index contributed by atoms with van der Waals surface area (Å²) in [5.41, 5.74) is 6.87. The first-order valence-corrected chi connectivity index (χ1v) is 6.80. The van der Waals surface area contributed by atoms with Crippen molar-refractivity contribution in [3.8, 4) is 0 Å². The Balaban J connectivity index is 1.85. The van der Waals surface area contributed by atoms with Crippen LogP contribution in [0.15, 0.2) is 18.3 Å². The van der Waals surface area contributed by atoms with E-state index in [2.05, 4.69) is 10.3 Å². The van der Waals surface area contributed by atoms with Crippen LogP contribution in [0.5, 0.6) is 0 Å². The zero-order valence-electron chi connectivity index (χ0n) is 11.6. The van der Waals surface area contributed by atoms with Crippen molar-refractivity contribution in [2.75, 3.05) is 25.9 Å². The molecule has 0 aromatic carbocycles. The van der Waals surface area contributed by atoms with Crippen LogP contribution in [-0.4, -0.2) is 41.8 Å². The Kier molecular flexibility index (Phi) is 4.55. The Labute approximate surface area is 118 Å². The number of hydrogen-bond donors (Lipinski definition) is 2. The second-order valence-electron chi connectivity index (χ2n) is 5.03. The number of pyridine rings is 1. The molecule has 1 aromatic rings. The molecule has 1 aromatic heterocycles. The fourth-order valence-electron chi connectivity index (χ4n) is 2.40. The van der Waals surface area contributed by atoms with Gasteiger partial charge >= 0.3 is 0 Å². The summed E-state index contributed by atoms with van der Waals surface area (Å²) in [5.74, 6) is 0.147. The highest BCUT2D eigenvalue weighted by atomic mass is 16.2. The van der Waals surface area contributed by atoms with Gasteiger partial charge in [-0.1, -0.05) is 0 Å². The lowest BCUT2D eigenvalue weighted by Gasteiger charge is -2.31. The summed E-state index contributed by atoms with van der Waals surface area (Å²) in [7, 11) is 1.65. The van der Waals surface area contributed by atoms with Crippen molar-refractivity contribution in [2.45, 2.75) is 19.3 Å². The van der Waals surface area contributed by atoms with Crippen LogP contribution < -0.4 is 11.1 Å². The standard InChI is InChI=1S/C14H20N4O2/c1-16-14(20)10-4-6-18(7-5-10)13(19)8-12-3-2-11(15)9-17-12/h2-3,9-10H,4-8,15H2,1H3,(H,16,20). The second-order valence-corrected chi connectivity index (χ2v) is 5.03. The van der Waals surface area contributed by atoms with Gasteiger partial charge in [0.15, 0.2) is 0 Å². The van der Waals surface area contributed by atoms with E-state index >= 15 is 0 Å². The summed E-state index contributed by atoms with van der Waals surface area (Å²) in [6, 6.07) is 3.51. The number of aromatic nitrogens is 1. The fraction of sp³-hybridized carbons (Fsp3) is 0.500. The van der Waals surface area contributed by atoms with E-state index in [0.717, 1.165) is 18.5 Å². The molecule has 108 valence electrons. The molecule has 2 amide bonds. The number of amides is 2. The lowest BCUT2D eigenvalue weighted by molar-refractivity contribution is -0.135. The van der Waals surface area contributed by atoms with E-state index < -0.39 is 0 Å². The molecule has 3 N–H and O–H groups in total. The molecule has 6 nitrogen and oxygen atoms in total. The largest absolute Gasteiger partial charge is 0.397 e. The number of nitrogens with zero attached hydrogens (tertiary/aromatic N) is 2. The molecule has 0 saturated carbocycles. The van der Waals surface area contributed by atoms with Gasteiger partial charge in [-0.3, -0.25) is 14.6 Å². The van der Waals surface area contributed by atoms with Gasteiger partial charge in [0.05, 0.1) is 18.3 Å². The molecule has 1 aliphatic rings. The fourth-order valence-corrected chi connectivity index (χ4v) is 2.40. The number of nitrogens with one attached hydrogen (secondary N) is 1.